The van der Waals surface area contributed by atoms with E-state index in [9.17, 15) is 4.79 Å². The molecule has 0 saturated carbocycles. The molecule has 3 N–H and O–H groups in total. The van der Waals surface area contributed by atoms with Gasteiger partial charge in [-0.15, -0.1) is 0 Å². The average Bonchev–Trinajstić information content (AvgIpc) is 2.47. The van der Waals surface area contributed by atoms with Crippen LogP contribution in [0.1, 0.15) is 5.69 Å². The van der Waals surface area contributed by atoms with E-state index < -0.39 is 0 Å². The number of aromatic nitrogens is 3. The van der Waals surface area contributed by atoms with Crippen molar-refractivity contribution in [2.45, 2.75) is 6.92 Å². The third-order valence-corrected chi connectivity index (χ3v) is 1.85. The van der Waals surface area contributed by atoms with Crippen LogP contribution in [0.4, 0.5) is 5.69 Å². The molecule has 5 nitrogen and oxygen atoms in total. The summed E-state index contributed by atoms with van der Waals surface area (Å²) in [4.78, 5) is 15.4. The third-order valence-electron chi connectivity index (χ3n) is 1.85. The van der Waals surface area contributed by atoms with Crippen LogP contribution in [0.2, 0.25) is 0 Å². The zero-order valence-corrected chi connectivity index (χ0v) is 7.69. The maximum Gasteiger partial charge on any atom is 0.272 e. The van der Waals surface area contributed by atoms with Gasteiger partial charge in [-0.3, -0.25) is 9.89 Å². The Kier molecular flexibility index (Phi) is 1.85. The summed E-state index contributed by atoms with van der Waals surface area (Å²) in [6, 6.07) is 4.90. The Bertz CT molecular complexity index is 494. The van der Waals surface area contributed by atoms with Gasteiger partial charge >= 0.3 is 0 Å². The van der Waals surface area contributed by atoms with Crippen LogP contribution in [0.3, 0.4) is 0 Å². The Labute approximate surface area is 80.2 Å². The summed E-state index contributed by atoms with van der Waals surface area (Å²) in [6.45, 7) is 1.81. The maximum absolute atomic E-state index is 11.4. The molecular weight excluding hydrogens is 180 g/mol. The van der Waals surface area contributed by atoms with Gasteiger partial charge in [-0.1, -0.05) is 0 Å². The standard InChI is InChI=1S/C9H10N4O/c1-6-4-9(14)13(12-6)8-3-2-7(10)5-11-8/h2-5,12H,10H2,1H3. The van der Waals surface area contributed by atoms with Crippen molar-refractivity contribution >= 4 is 5.69 Å². The molecule has 2 heterocycles. The van der Waals surface area contributed by atoms with E-state index >= 15 is 0 Å². The fourth-order valence-electron chi connectivity index (χ4n) is 1.21. The second kappa shape index (κ2) is 3.02. The fraction of sp³-hybridized carbons (Fsp3) is 0.111. The van der Waals surface area contributed by atoms with Crippen molar-refractivity contribution in [3.63, 3.8) is 0 Å². The number of hydrogen-bond donors (Lipinski definition) is 2. The number of aromatic amines is 1. The number of aryl methyl sites for hydroxylation is 1. The molecule has 0 bridgehead atoms. The number of rotatable bonds is 1. The van der Waals surface area contributed by atoms with Crippen molar-refractivity contribution in [3.05, 3.63) is 40.4 Å². The van der Waals surface area contributed by atoms with Gasteiger partial charge in [0.1, 0.15) is 0 Å². The molecule has 0 saturated heterocycles. The van der Waals surface area contributed by atoms with Crippen LogP contribution in [-0.4, -0.2) is 14.8 Å². The van der Waals surface area contributed by atoms with Gasteiger partial charge in [0, 0.05) is 11.8 Å². The van der Waals surface area contributed by atoms with Crippen LogP contribution in [-0.2, 0) is 0 Å². The molecule has 5 heteroatoms. The SMILES string of the molecule is Cc1cc(=O)n(-c2ccc(N)cn2)[nH]1. The molecule has 0 aromatic carbocycles. The number of nitrogens with two attached hydrogens (primary N) is 1. The summed E-state index contributed by atoms with van der Waals surface area (Å²) in [5.74, 6) is 0.539. The highest BCUT2D eigenvalue weighted by Crippen LogP contribution is 2.03. The molecule has 0 spiro atoms. The van der Waals surface area contributed by atoms with E-state index in [4.69, 9.17) is 5.73 Å². The van der Waals surface area contributed by atoms with E-state index in [-0.39, 0.29) is 5.56 Å². The van der Waals surface area contributed by atoms with E-state index in [0.29, 0.717) is 11.5 Å². The number of hydrogen-bond acceptors (Lipinski definition) is 3. The lowest BCUT2D eigenvalue weighted by atomic mass is 10.4. The highest BCUT2D eigenvalue weighted by atomic mass is 16.1. The maximum atomic E-state index is 11.4. The summed E-state index contributed by atoms with van der Waals surface area (Å²) in [5.41, 5.74) is 6.74. The van der Waals surface area contributed by atoms with Crippen molar-refractivity contribution in [3.8, 4) is 5.82 Å². The zero-order valence-electron chi connectivity index (χ0n) is 7.69. The van der Waals surface area contributed by atoms with Crippen molar-refractivity contribution < 1.29 is 0 Å². The van der Waals surface area contributed by atoms with Crippen LogP contribution >= 0.6 is 0 Å². The van der Waals surface area contributed by atoms with Gasteiger partial charge in [-0.05, 0) is 19.1 Å². The summed E-state index contributed by atoms with van der Waals surface area (Å²) in [7, 11) is 0. The van der Waals surface area contributed by atoms with Crippen molar-refractivity contribution in [1.82, 2.24) is 14.8 Å². The summed E-state index contributed by atoms with van der Waals surface area (Å²) in [6.07, 6.45) is 1.51. The molecule has 2 aromatic heterocycles. The Morgan fingerprint density at radius 1 is 1.50 bits per heavy atom. The predicted molar refractivity (Wildman–Crippen MR) is 53.3 cm³/mol. The lowest BCUT2D eigenvalue weighted by molar-refractivity contribution is 0.807. The molecule has 2 aromatic rings. The van der Waals surface area contributed by atoms with Crippen molar-refractivity contribution in [1.29, 1.82) is 0 Å². The molecule has 0 radical (unpaired) electrons. The molecule has 0 aliphatic carbocycles. The largest absolute Gasteiger partial charge is 0.397 e. The Morgan fingerprint density at radius 3 is 2.79 bits per heavy atom. The fourth-order valence-corrected chi connectivity index (χ4v) is 1.21. The van der Waals surface area contributed by atoms with Crippen molar-refractivity contribution in [2.75, 3.05) is 5.73 Å². The lowest BCUT2D eigenvalue weighted by Gasteiger charge is -2.00. The number of nitrogen functional groups attached to an aromatic ring is 1. The predicted octanol–water partition coefficient (Wildman–Crippen LogP) is 0.451. The normalized spacial score (nSPS) is 10.4. The van der Waals surface area contributed by atoms with Crippen molar-refractivity contribution in [2.24, 2.45) is 0 Å². The number of pyridine rings is 1. The number of H-pyrrole nitrogens is 1. The topological polar surface area (TPSA) is 76.7 Å². The van der Waals surface area contributed by atoms with Crippen LogP contribution in [0.15, 0.2) is 29.2 Å². The first-order valence-corrected chi connectivity index (χ1v) is 4.17. The summed E-state index contributed by atoms with van der Waals surface area (Å²) >= 11 is 0. The molecule has 0 unspecified atom stereocenters. The van der Waals surface area contributed by atoms with E-state index in [1.807, 2.05) is 6.92 Å². The highest BCUT2D eigenvalue weighted by molar-refractivity contribution is 5.38. The second-order valence-electron chi connectivity index (χ2n) is 3.06. The highest BCUT2D eigenvalue weighted by Gasteiger charge is 2.02. The van der Waals surface area contributed by atoms with Gasteiger partial charge in [0.2, 0.25) is 0 Å². The molecule has 0 fully saturated rings. The van der Waals surface area contributed by atoms with Gasteiger partial charge in [0.25, 0.3) is 5.56 Å². The van der Waals surface area contributed by atoms with Gasteiger partial charge in [0.05, 0.1) is 11.9 Å². The molecule has 0 aliphatic heterocycles. The van der Waals surface area contributed by atoms with E-state index in [0.717, 1.165) is 5.69 Å². The minimum absolute atomic E-state index is 0.125. The monoisotopic (exact) mass is 190 g/mol. The van der Waals surface area contributed by atoms with E-state index in [2.05, 4.69) is 10.1 Å². The van der Waals surface area contributed by atoms with Crippen LogP contribution in [0.25, 0.3) is 5.82 Å². The van der Waals surface area contributed by atoms with E-state index in [1.165, 1.54) is 16.9 Å². The molecular formula is C9H10N4O. The zero-order chi connectivity index (χ0) is 10.1. The Hall–Kier alpha value is -2.04. The van der Waals surface area contributed by atoms with Gasteiger partial charge in [-0.2, -0.15) is 0 Å². The summed E-state index contributed by atoms with van der Waals surface area (Å²) in [5, 5.41) is 2.88. The molecule has 0 amide bonds. The first-order valence-electron chi connectivity index (χ1n) is 4.17. The quantitative estimate of drug-likeness (QED) is 0.685. The van der Waals surface area contributed by atoms with Gasteiger partial charge in [-0.25, -0.2) is 9.67 Å². The summed E-state index contributed by atoms with van der Waals surface area (Å²) < 4.78 is 1.37. The van der Waals surface area contributed by atoms with Crippen LogP contribution < -0.4 is 11.3 Å². The molecule has 14 heavy (non-hydrogen) atoms. The first kappa shape index (κ1) is 8.55. The number of anilines is 1. The molecule has 0 atom stereocenters. The number of nitrogens with zero attached hydrogens (tertiary/aromatic N) is 2. The molecule has 0 aliphatic rings. The van der Waals surface area contributed by atoms with Crippen LogP contribution in [0, 0.1) is 6.92 Å². The Balaban J connectivity index is 2.54. The van der Waals surface area contributed by atoms with Crippen LogP contribution in [0.5, 0.6) is 0 Å². The molecule has 72 valence electrons. The minimum atomic E-state index is -0.125. The average molecular weight is 190 g/mol. The first-order chi connectivity index (χ1) is 6.66. The second-order valence-corrected chi connectivity index (χ2v) is 3.06. The number of nitrogens with one attached hydrogen (secondary N) is 1. The van der Waals surface area contributed by atoms with Gasteiger partial charge in [0.15, 0.2) is 5.82 Å². The van der Waals surface area contributed by atoms with E-state index in [1.54, 1.807) is 12.1 Å². The minimum Gasteiger partial charge on any atom is -0.397 e. The third kappa shape index (κ3) is 1.39. The smallest absolute Gasteiger partial charge is 0.272 e. The lowest BCUT2D eigenvalue weighted by Crippen LogP contribution is -2.14. The Morgan fingerprint density at radius 2 is 2.29 bits per heavy atom. The van der Waals surface area contributed by atoms with Gasteiger partial charge < -0.3 is 5.73 Å². The molecule has 2 rings (SSSR count).